The number of nitriles is 1. The second-order valence-electron chi connectivity index (χ2n) is 9.98. The van der Waals surface area contributed by atoms with Gasteiger partial charge < -0.3 is 15.3 Å². The summed E-state index contributed by atoms with van der Waals surface area (Å²) < 4.78 is 29.2. The first-order valence-electron chi connectivity index (χ1n) is 11.3. The van der Waals surface area contributed by atoms with Gasteiger partial charge in [0.2, 0.25) is 5.91 Å². The Bertz CT molecular complexity index is 977. The van der Waals surface area contributed by atoms with Gasteiger partial charge in [0.15, 0.2) is 0 Å². The van der Waals surface area contributed by atoms with E-state index in [0.29, 0.717) is 24.9 Å². The molecule has 1 amide bonds. The lowest BCUT2D eigenvalue weighted by Gasteiger charge is -2.60. The minimum atomic E-state index is -4.00. The van der Waals surface area contributed by atoms with Crippen LogP contribution in [0.5, 0.6) is 0 Å². The third kappa shape index (κ3) is 4.99. The molecule has 2 unspecified atom stereocenters. The molecule has 5 aliphatic rings. The van der Waals surface area contributed by atoms with Crippen molar-refractivity contribution in [1.82, 2.24) is 10.2 Å². The molecule has 1 saturated heterocycles. The van der Waals surface area contributed by atoms with Gasteiger partial charge in [-0.3, -0.25) is 9.35 Å². The maximum atomic E-state index is 12.4. The zero-order valence-electron chi connectivity index (χ0n) is 18.1. The van der Waals surface area contributed by atoms with Crippen molar-refractivity contribution in [2.75, 3.05) is 13.1 Å². The molecule has 32 heavy (non-hydrogen) atoms. The number of nitrogens with zero attached hydrogens (tertiary/aromatic N) is 2. The van der Waals surface area contributed by atoms with Crippen molar-refractivity contribution >= 4 is 16.0 Å². The lowest BCUT2D eigenvalue weighted by atomic mass is 9.51. The Balaban J connectivity index is 0.000000207. The van der Waals surface area contributed by atoms with Crippen molar-refractivity contribution in [3.05, 3.63) is 30.3 Å². The van der Waals surface area contributed by atoms with E-state index in [1.54, 1.807) is 23.1 Å². The van der Waals surface area contributed by atoms with Gasteiger partial charge in [0.05, 0.1) is 23.1 Å². The first kappa shape index (κ1) is 23.2. The minimum absolute atomic E-state index is 0.0453. The number of amides is 1. The largest absolute Gasteiger partial charge is 0.390 e. The summed E-state index contributed by atoms with van der Waals surface area (Å²) >= 11 is 0. The number of carbonyl (C=O) groups is 1. The Morgan fingerprint density at radius 3 is 2.38 bits per heavy atom. The molecular weight excluding hydrogens is 430 g/mol. The zero-order valence-corrected chi connectivity index (χ0v) is 18.9. The highest BCUT2D eigenvalue weighted by Crippen LogP contribution is 2.57. The smallest absolute Gasteiger partial charge is 0.294 e. The average Bonchev–Trinajstić information content (AvgIpc) is 3.20. The summed E-state index contributed by atoms with van der Waals surface area (Å²) in [6.45, 7) is 1.02. The van der Waals surface area contributed by atoms with Crippen LogP contribution < -0.4 is 5.32 Å². The molecule has 0 spiro atoms. The lowest BCUT2D eigenvalue weighted by molar-refractivity contribution is -0.147. The molecule has 1 aliphatic heterocycles. The van der Waals surface area contributed by atoms with Crippen LogP contribution in [0.15, 0.2) is 35.2 Å². The highest BCUT2D eigenvalue weighted by molar-refractivity contribution is 7.85. The maximum Gasteiger partial charge on any atom is 0.294 e. The van der Waals surface area contributed by atoms with Crippen molar-refractivity contribution in [3.63, 3.8) is 0 Å². The zero-order chi connectivity index (χ0) is 23.0. The van der Waals surface area contributed by atoms with E-state index >= 15 is 0 Å². The van der Waals surface area contributed by atoms with Crippen LogP contribution >= 0.6 is 0 Å². The number of likely N-dealkylation sites (tertiary alicyclic amines) is 1. The Morgan fingerprint density at radius 1 is 1.19 bits per heavy atom. The molecule has 4 bridgehead atoms. The van der Waals surface area contributed by atoms with Gasteiger partial charge in [0, 0.05) is 12.1 Å². The number of nitrogens with one attached hydrogen (secondary N) is 1. The van der Waals surface area contributed by atoms with Crippen molar-refractivity contribution in [1.29, 1.82) is 5.26 Å². The van der Waals surface area contributed by atoms with E-state index in [0.717, 1.165) is 44.9 Å². The third-order valence-electron chi connectivity index (χ3n) is 7.41. The summed E-state index contributed by atoms with van der Waals surface area (Å²) in [5, 5.41) is 23.4. The number of rotatable bonds is 4. The summed E-state index contributed by atoms with van der Waals surface area (Å²) in [4.78, 5) is 14.1. The van der Waals surface area contributed by atoms with Crippen LogP contribution in [0.1, 0.15) is 51.4 Å². The molecule has 1 aromatic carbocycles. The normalized spacial score (nSPS) is 35.2. The molecular formula is C23H31N3O5S. The Hall–Kier alpha value is -1.99. The molecule has 4 aliphatic carbocycles. The monoisotopic (exact) mass is 461 g/mol. The number of aliphatic hydroxyl groups is 1. The molecule has 4 saturated carbocycles. The van der Waals surface area contributed by atoms with Gasteiger partial charge in [-0.25, -0.2) is 0 Å². The van der Waals surface area contributed by atoms with Crippen LogP contribution in [0.2, 0.25) is 0 Å². The molecule has 1 aromatic rings. The minimum Gasteiger partial charge on any atom is -0.390 e. The predicted molar refractivity (Wildman–Crippen MR) is 117 cm³/mol. The van der Waals surface area contributed by atoms with Gasteiger partial charge in [-0.1, -0.05) is 18.2 Å². The van der Waals surface area contributed by atoms with E-state index in [-0.39, 0.29) is 22.4 Å². The molecule has 3 N–H and O–H groups in total. The van der Waals surface area contributed by atoms with Crippen molar-refractivity contribution in [2.24, 2.45) is 11.8 Å². The first-order valence-corrected chi connectivity index (χ1v) is 12.7. The lowest BCUT2D eigenvalue weighted by Crippen LogP contribution is -2.65. The summed E-state index contributed by atoms with van der Waals surface area (Å²) in [7, 11) is -4.00. The fraction of sp³-hybridized carbons (Fsp3) is 0.652. The first-order chi connectivity index (χ1) is 15.1. The second kappa shape index (κ2) is 8.75. The topological polar surface area (TPSA) is 131 Å². The van der Waals surface area contributed by atoms with E-state index in [1.807, 2.05) is 0 Å². The van der Waals surface area contributed by atoms with Crippen LogP contribution in [0.4, 0.5) is 0 Å². The van der Waals surface area contributed by atoms with E-state index in [4.69, 9.17) is 9.81 Å². The standard InChI is InChI=1S/C17H25N3O2.C6H6O3S/c18-9-14-2-1-3-20(14)15(21)10-19-16-5-12-4-13(6-16)8-17(22,7-12)11-16;7-10(8,9)6-4-2-1-3-5-6/h12-14,19,22H,1-8,10-11H2;1-5H,(H,7,8,9)/t12?,13?,14-,16?,17?;/m0./s1. The molecule has 174 valence electrons. The maximum absolute atomic E-state index is 12.4. The summed E-state index contributed by atoms with van der Waals surface area (Å²) in [5.41, 5.74) is -0.542. The van der Waals surface area contributed by atoms with E-state index in [1.165, 1.54) is 18.6 Å². The summed E-state index contributed by atoms with van der Waals surface area (Å²) in [6.07, 6.45) is 7.87. The van der Waals surface area contributed by atoms with E-state index in [9.17, 15) is 18.3 Å². The molecule has 8 nitrogen and oxygen atoms in total. The SMILES string of the molecule is N#C[C@@H]1CCCN1C(=O)CNC12CC3CC(CC(O)(C3)C1)C2.O=S(=O)(O)c1ccccc1. The molecule has 9 heteroatoms. The molecule has 1 heterocycles. The molecule has 6 rings (SSSR count). The second-order valence-corrected chi connectivity index (χ2v) is 11.4. The Labute approximate surface area is 189 Å². The van der Waals surface area contributed by atoms with Gasteiger partial charge in [0.1, 0.15) is 6.04 Å². The highest BCUT2D eigenvalue weighted by Gasteiger charge is 2.57. The number of carbonyl (C=O) groups excluding carboxylic acids is 1. The van der Waals surface area contributed by atoms with Crippen LogP contribution in [0, 0.1) is 23.2 Å². The third-order valence-corrected chi connectivity index (χ3v) is 8.28. The number of hydrogen-bond acceptors (Lipinski definition) is 6. The van der Waals surface area contributed by atoms with Crippen LogP contribution in [-0.4, -0.2) is 59.2 Å². The van der Waals surface area contributed by atoms with Crippen LogP contribution in [0.3, 0.4) is 0 Å². The van der Waals surface area contributed by atoms with Gasteiger partial charge >= 0.3 is 0 Å². The molecule has 3 atom stereocenters. The quantitative estimate of drug-likeness (QED) is 0.585. The highest BCUT2D eigenvalue weighted by atomic mass is 32.2. The van der Waals surface area contributed by atoms with E-state index < -0.39 is 15.7 Å². The number of hydrogen-bond donors (Lipinski definition) is 3. The van der Waals surface area contributed by atoms with Gasteiger partial charge in [-0.05, 0) is 75.3 Å². The van der Waals surface area contributed by atoms with Gasteiger partial charge in [-0.15, -0.1) is 0 Å². The van der Waals surface area contributed by atoms with Crippen LogP contribution in [0.25, 0.3) is 0 Å². The van der Waals surface area contributed by atoms with Crippen LogP contribution in [-0.2, 0) is 14.9 Å². The predicted octanol–water partition coefficient (Wildman–Crippen LogP) is 2.11. The fourth-order valence-corrected chi connectivity index (χ4v) is 7.08. The summed E-state index contributed by atoms with van der Waals surface area (Å²) in [6, 6.07) is 9.41. The number of benzene rings is 1. The van der Waals surface area contributed by atoms with Crippen molar-refractivity contribution < 1.29 is 22.9 Å². The van der Waals surface area contributed by atoms with Crippen molar-refractivity contribution in [3.8, 4) is 6.07 Å². The Morgan fingerprint density at radius 2 is 1.84 bits per heavy atom. The summed E-state index contributed by atoms with van der Waals surface area (Å²) in [5.74, 6) is 1.28. The molecule has 0 radical (unpaired) electrons. The molecule has 0 aromatic heterocycles. The average molecular weight is 462 g/mol. The molecule has 5 fully saturated rings. The van der Waals surface area contributed by atoms with Gasteiger partial charge in [-0.2, -0.15) is 13.7 Å². The van der Waals surface area contributed by atoms with E-state index in [2.05, 4.69) is 11.4 Å². The van der Waals surface area contributed by atoms with Gasteiger partial charge in [0.25, 0.3) is 10.1 Å². The fourth-order valence-electron chi connectivity index (χ4n) is 6.58. The Kier molecular flexibility index (Phi) is 6.34. The van der Waals surface area contributed by atoms with Crippen molar-refractivity contribution in [2.45, 2.75) is 73.4 Å².